The Hall–Kier alpha value is -8.77. The zero-order chi connectivity index (χ0) is 53.6. The van der Waals surface area contributed by atoms with Crippen LogP contribution in [-0.4, -0.2) is 92.1 Å². The zero-order valence-electron chi connectivity index (χ0n) is 40.9. The third kappa shape index (κ3) is 11.7. The number of nitrogens with one attached hydrogen (secondary N) is 4. The number of amides is 2. The smallest absolute Gasteiger partial charge is 0.264 e. The molecule has 0 radical (unpaired) electrons. The standard InChI is InChI=1S/C51H49FN10O11S2/c1-30(46(63)53-3)26-61-28-57-41-17-11-33(21-38(41)50(61)65)35-23-44(60-75(69,70)45-9-7-6-8-40(45)52)49(56-25-35)73-19-18-54-47(64)31(2)27-62-29-58-42-16-10-32(20-39(42)51(62)66)34-22-43(48(72-5)55-24-34)59-74(67,68)37-14-12-36(71-4)13-15-37/h6-17,20-25,28-31,59-60H,18-19,26-27H2,1-5H3,(H,53,63)(H,54,64)/t30-,31+/m0/s1. The maximum absolute atomic E-state index is 14.8. The third-order valence-corrected chi connectivity index (χ3v) is 14.7. The van der Waals surface area contributed by atoms with E-state index in [-0.39, 0.29) is 71.0 Å². The van der Waals surface area contributed by atoms with E-state index in [0.29, 0.717) is 39.0 Å². The molecule has 0 bridgehead atoms. The van der Waals surface area contributed by atoms with Gasteiger partial charge in [-0.05, 0) is 83.9 Å². The summed E-state index contributed by atoms with van der Waals surface area (Å²) in [6.07, 6.45) is 5.55. The average molecular weight is 1060 g/mol. The molecular formula is C51H49FN10O11S2. The van der Waals surface area contributed by atoms with Gasteiger partial charge in [0.2, 0.25) is 23.6 Å². The normalized spacial score (nSPS) is 12.4. The number of carbonyl (C=O) groups excluding carboxylic acids is 2. The number of benzene rings is 4. The van der Waals surface area contributed by atoms with Crippen LogP contribution < -0.4 is 45.4 Å². The van der Waals surface area contributed by atoms with Crippen LogP contribution in [0.5, 0.6) is 17.5 Å². The molecule has 8 aromatic rings. The third-order valence-electron chi connectivity index (χ3n) is 11.9. The molecule has 0 saturated heterocycles. The number of nitrogens with zero attached hydrogens (tertiary/aromatic N) is 6. The highest BCUT2D eigenvalue weighted by Crippen LogP contribution is 2.33. The molecule has 21 nitrogen and oxygen atoms in total. The number of rotatable bonds is 20. The molecule has 24 heteroatoms. The predicted molar refractivity (Wildman–Crippen MR) is 277 cm³/mol. The van der Waals surface area contributed by atoms with Crippen molar-refractivity contribution in [2.45, 2.75) is 36.7 Å². The number of hydrogen-bond donors (Lipinski definition) is 4. The minimum atomic E-state index is -4.55. The molecule has 2 amide bonds. The van der Waals surface area contributed by atoms with E-state index < -0.39 is 59.6 Å². The number of ether oxygens (including phenoxy) is 3. The van der Waals surface area contributed by atoms with E-state index >= 15 is 0 Å². The van der Waals surface area contributed by atoms with Gasteiger partial charge in [-0.1, -0.05) is 38.1 Å². The number of aromatic nitrogens is 6. The molecule has 8 rings (SSSR count). The Morgan fingerprint density at radius 2 is 1.17 bits per heavy atom. The van der Waals surface area contributed by atoms with Crippen molar-refractivity contribution in [3.63, 3.8) is 0 Å². The lowest BCUT2D eigenvalue weighted by Gasteiger charge is -2.16. The van der Waals surface area contributed by atoms with Crippen molar-refractivity contribution in [2.75, 3.05) is 43.9 Å². The van der Waals surface area contributed by atoms with Gasteiger partial charge in [-0.2, -0.15) is 0 Å². The molecule has 4 aromatic heterocycles. The number of fused-ring (bicyclic) bond motifs is 2. The number of hydrogen-bond acceptors (Lipinski definition) is 15. The summed E-state index contributed by atoms with van der Waals surface area (Å²) in [4.78, 5) is 69.8. The Kier molecular flexibility index (Phi) is 15.5. The van der Waals surface area contributed by atoms with Crippen molar-refractivity contribution in [2.24, 2.45) is 11.8 Å². The summed E-state index contributed by atoms with van der Waals surface area (Å²) in [5.41, 5.74) is 1.54. The molecule has 4 N–H and O–H groups in total. The van der Waals surface area contributed by atoms with Crippen LogP contribution in [0, 0.1) is 17.7 Å². The van der Waals surface area contributed by atoms with E-state index in [1.54, 1.807) is 50.2 Å². The maximum atomic E-state index is 14.8. The van der Waals surface area contributed by atoms with Crippen molar-refractivity contribution < 1.29 is 45.0 Å². The second-order valence-corrected chi connectivity index (χ2v) is 20.4. The van der Waals surface area contributed by atoms with Gasteiger partial charge in [0.1, 0.15) is 34.4 Å². The second kappa shape index (κ2) is 22.1. The summed E-state index contributed by atoms with van der Waals surface area (Å²) in [5.74, 6) is -2.72. The second-order valence-electron chi connectivity index (χ2n) is 17.1. The highest BCUT2D eigenvalue weighted by atomic mass is 32.2. The Labute approximate surface area is 428 Å². The summed E-state index contributed by atoms with van der Waals surface area (Å²) in [7, 11) is -4.31. The number of methoxy groups -OCH3 is 2. The van der Waals surface area contributed by atoms with E-state index in [4.69, 9.17) is 14.2 Å². The molecule has 2 atom stereocenters. The first-order chi connectivity index (χ1) is 35.9. The fourth-order valence-electron chi connectivity index (χ4n) is 7.90. The maximum Gasteiger partial charge on any atom is 0.264 e. The zero-order valence-corrected chi connectivity index (χ0v) is 42.5. The lowest BCUT2D eigenvalue weighted by molar-refractivity contribution is -0.125. The molecular weight excluding hydrogens is 1010 g/mol. The summed E-state index contributed by atoms with van der Waals surface area (Å²) >= 11 is 0. The summed E-state index contributed by atoms with van der Waals surface area (Å²) < 4.78 is 92.4. The topological polar surface area (TPSA) is 274 Å². The van der Waals surface area contributed by atoms with Crippen molar-refractivity contribution >= 4 is 65.0 Å². The molecule has 0 fully saturated rings. The van der Waals surface area contributed by atoms with Gasteiger partial charge in [0.15, 0.2) is 0 Å². The number of sulfonamides is 2. The van der Waals surface area contributed by atoms with Gasteiger partial charge in [-0.15, -0.1) is 0 Å². The fraction of sp³-hybridized carbons (Fsp3) is 0.216. The average Bonchev–Trinajstić information content (AvgIpc) is 3.41. The van der Waals surface area contributed by atoms with Gasteiger partial charge in [0.05, 0.1) is 72.0 Å². The summed E-state index contributed by atoms with van der Waals surface area (Å²) in [6.45, 7) is 2.99. The Morgan fingerprint density at radius 1 is 0.640 bits per heavy atom. The lowest BCUT2D eigenvalue weighted by Crippen LogP contribution is -2.36. The number of anilines is 2. The molecule has 0 aliphatic carbocycles. The molecule has 0 spiro atoms. The van der Waals surface area contributed by atoms with E-state index in [2.05, 4.69) is 40.0 Å². The van der Waals surface area contributed by atoms with Crippen LogP contribution in [0.25, 0.3) is 44.1 Å². The first-order valence-electron chi connectivity index (χ1n) is 23.0. The highest BCUT2D eigenvalue weighted by molar-refractivity contribution is 7.93. The van der Waals surface area contributed by atoms with E-state index in [9.17, 15) is 40.4 Å². The summed E-state index contributed by atoms with van der Waals surface area (Å²) in [5, 5.41) is 5.75. The van der Waals surface area contributed by atoms with Crippen LogP contribution in [0.2, 0.25) is 0 Å². The molecule has 0 aliphatic rings. The van der Waals surface area contributed by atoms with Crippen LogP contribution in [0.15, 0.2) is 141 Å². The van der Waals surface area contributed by atoms with Gasteiger partial charge in [-0.25, -0.2) is 41.2 Å². The van der Waals surface area contributed by atoms with E-state index in [1.807, 2.05) is 0 Å². The van der Waals surface area contributed by atoms with Crippen LogP contribution >= 0.6 is 0 Å². The van der Waals surface area contributed by atoms with Gasteiger partial charge in [-0.3, -0.25) is 37.8 Å². The van der Waals surface area contributed by atoms with Crippen molar-refractivity contribution in [3.8, 4) is 39.8 Å². The van der Waals surface area contributed by atoms with Crippen LogP contribution in [0.4, 0.5) is 15.8 Å². The van der Waals surface area contributed by atoms with Gasteiger partial charge in [0, 0.05) is 43.7 Å². The molecule has 388 valence electrons. The Bertz CT molecular complexity index is 3840. The van der Waals surface area contributed by atoms with Crippen molar-refractivity contribution in [1.29, 1.82) is 0 Å². The van der Waals surface area contributed by atoms with Gasteiger partial charge >= 0.3 is 0 Å². The van der Waals surface area contributed by atoms with Crippen LogP contribution in [0.3, 0.4) is 0 Å². The van der Waals surface area contributed by atoms with Gasteiger partial charge in [0.25, 0.3) is 31.2 Å². The van der Waals surface area contributed by atoms with E-state index in [0.717, 1.165) is 12.1 Å². The van der Waals surface area contributed by atoms with Crippen LogP contribution in [0.1, 0.15) is 13.8 Å². The highest BCUT2D eigenvalue weighted by Gasteiger charge is 2.24. The number of halogens is 1. The molecule has 75 heavy (non-hydrogen) atoms. The monoisotopic (exact) mass is 1060 g/mol. The minimum absolute atomic E-state index is 0.0122. The van der Waals surface area contributed by atoms with Crippen molar-refractivity contribution in [3.05, 3.63) is 149 Å². The number of carbonyl (C=O) groups is 2. The number of pyridine rings is 2. The van der Waals surface area contributed by atoms with E-state index in [1.165, 1.54) is 104 Å². The predicted octanol–water partition coefficient (Wildman–Crippen LogP) is 5.20. The molecule has 0 unspecified atom stereocenters. The molecule has 4 heterocycles. The first kappa shape index (κ1) is 52.5. The first-order valence-corrected chi connectivity index (χ1v) is 26.0. The molecule has 4 aromatic carbocycles. The lowest BCUT2D eigenvalue weighted by atomic mass is 10.0. The SMILES string of the molecule is CNC(=O)[C@@H](C)Cn1cnc2ccc(-c3cnc(OCCNC(=O)[C@H](C)Cn4cnc5ccc(-c6cnc(OC)c(NS(=O)(=O)c7ccc(OC)cc7)c6)cc5c4=O)c(NS(=O)(=O)c4ccccc4F)c3)cc2c1=O. The van der Waals surface area contributed by atoms with Crippen molar-refractivity contribution in [1.82, 2.24) is 39.7 Å². The molecule has 0 aliphatic heterocycles. The Balaban J connectivity index is 0.964. The fourth-order valence-corrected chi connectivity index (χ4v) is 10.1. The molecule has 0 saturated carbocycles. The quantitative estimate of drug-likeness (QED) is 0.0714. The Morgan fingerprint density at radius 3 is 1.72 bits per heavy atom. The van der Waals surface area contributed by atoms with Gasteiger partial charge < -0.3 is 24.8 Å². The summed E-state index contributed by atoms with van der Waals surface area (Å²) in [6, 6.07) is 23.3. The largest absolute Gasteiger partial charge is 0.497 e. The van der Waals surface area contributed by atoms with Crippen LogP contribution in [-0.2, 0) is 42.7 Å². The minimum Gasteiger partial charge on any atom is -0.497 e.